The Balaban J connectivity index is 2.63. The summed E-state index contributed by atoms with van der Waals surface area (Å²) in [7, 11) is -4.13. The Morgan fingerprint density at radius 1 is 1.43 bits per heavy atom. The number of carboxylic acids is 1. The van der Waals surface area contributed by atoms with Crippen molar-refractivity contribution in [1.29, 1.82) is 0 Å². The molecule has 9 nitrogen and oxygen atoms in total. The molecule has 0 atom stereocenters. The number of amides is 1. The minimum atomic E-state index is -4.13. The number of nitrogens with one attached hydrogen (secondary N) is 2. The number of carbonyl (C=O) groups excluding carboxylic acids is 1. The molecule has 0 spiro atoms. The first kappa shape index (κ1) is 17.0. The van der Waals surface area contributed by atoms with Crippen LogP contribution in [0.2, 0.25) is 0 Å². The van der Waals surface area contributed by atoms with E-state index in [0.717, 1.165) is 0 Å². The lowest BCUT2D eigenvalue weighted by molar-refractivity contribution is 0.0694. The summed E-state index contributed by atoms with van der Waals surface area (Å²) in [6.45, 7) is 4.27. The highest BCUT2D eigenvalue weighted by Gasteiger charge is 2.18. The van der Waals surface area contributed by atoms with E-state index in [1.807, 2.05) is 4.72 Å². The van der Waals surface area contributed by atoms with Crippen LogP contribution in [0.25, 0.3) is 0 Å². The fraction of sp³-hybridized carbons (Fsp3) is 0.455. The normalized spacial score (nSPS) is 11.4. The number of furan rings is 1. The highest BCUT2D eigenvalue weighted by molar-refractivity contribution is 7.88. The Morgan fingerprint density at radius 2 is 2.05 bits per heavy atom. The summed E-state index contributed by atoms with van der Waals surface area (Å²) < 4.78 is 36.5. The van der Waals surface area contributed by atoms with Crippen LogP contribution in [-0.4, -0.2) is 31.7 Å². The Labute approximate surface area is 121 Å². The standard InChI is InChI=1S/C11H16N2O7S/c1-6(2)19-11(16)13-21(17,18)12-5-8-4-9(10(14)15)7(3)20-8/h4,6,12H,5H2,1-3H3,(H,13,16)(H,14,15). The highest BCUT2D eigenvalue weighted by atomic mass is 32.2. The van der Waals surface area contributed by atoms with E-state index in [1.54, 1.807) is 18.6 Å². The minimum absolute atomic E-state index is 0.0589. The van der Waals surface area contributed by atoms with E-state index >= 15 is 0 Å². The molecule has 1 aromatic heterocycles. The number of carboxylic acid groups (broad SMARTS) is 1. The van der Waals surface area contributed by atoms with E-state index in [4.69, 9.17) is 9.52 Å². The van der Waals surface area contributed by atoms with Gasteiger partial charge in [0.2, 0.25) is 0 Å². The summed E-state index contributed by atoms with van der Waals surface area (Å²) in [4.78, 5) is 22.0. The molecule has 1 amide bonds. The van der Waals surface area contributed by atoms with Crippen LogP contribution in [0.15, 0.2) is 10.5 Å². The van der Waals surface area contributed by atoms with Crippen LogP contribution in [0.3, 0.4) is 0 Å². The first-order chi connectivity index (χ1) is 9.60. The highest BCUT2D eigenvalue weighted by Crippen LogP contribution is 2.14. The fourth-order valence-electron chi connectivity index (χ4n) is 1.39. The van der Waals surface area contributed by atoms with Crippen LogP contribution in [0.5, 0.6) is 0 Å². The van der Waals surface area contributed by atoms with E-state index in [2.05, 4.69) is 4.74 Å². The number of ether oxygens (including phenoxy) is 1. The van der Waals surface area contributed by atoms with E-state index in [9.17, 15) is 18.0 Å². The molecule has 0 unspecified atom stereocenters. The van der Waals surface area contributed by atoms with E-state index in [-0.39, 0.29) is 23.6 Å². The average Bonchev–Trinajstić information content (AvgIpc) is 2.66. The van der Waals surface area contributed by atoms with Crippen molar-refractivity contribution in [1.82, 2.24) is 9.44 Å². The molecular weight excluding hydrogens is 304 g/mol. The Hall–Kier alpha value is -2.07. The second-order valence-corrected chi connectivity index (χ2v) is 5.87. The molecule has 0 aliphatic heterocycles. The van der Waals surface area contributed by atoms with Crippen molar-refractivity contribution >= 4 is 22.3 Å². The van der Waals surface area contributed by atoms with Crippen molar-refractivity contribution in [3.63, 3.8) is 0 Å². The number of aromatic carboxylic acids is 1. The van der Waals surface area contributed by atoms with Gasteiger partial charge in [-0.1, -0.05) is 0 Å². The molecule has 0 saturated carbocycles. The Bertz CT molecular complexity index is 633. The largest absolute Gasteiger partial charge is 0.478 e. The minimum Gasteiger partial charge on any atom is -0.478 e. The SMILES string of the molecule is Cc1oc(CNS(=O)(=O)NC(=O)OC(C)C)cc1C(=O)O. The summed E-state index contributed by atoms with van der Waals surface area (Å²) in [5.41, 5.74) is -0.0589. The number of aryl methyl sites for hydroxylation is 1. The van der Waals surface area contributed by atoms with Gasteiger partial charge in [-0.15, -0.1) is 0 Å². The molecule has 0 radical (unpaired) electrons. The lowest BCUT2D eigenvalue weighted by Gasteiger charge is -2.10. The van der Waals surface area contributed by atoms with Crippen molar-refractivity contribution in [3.8, 4) is 0 Å². The van der Waals surface area contributed by atoms with Gasteiger partial charge in [-0.25, -0.2) is 14.3 Å². The van der Waals surface area contributed by atoms with Crippen molar-refractivity contribution in [2.24, 2.45) is 0 Å². The maximum atomic E-state index is 11.5. The Morgan fingerprint density at radius 3 is 2.52 bits per heavy atom. The molecule has 0 aliphatic rings. The summed E-state index contributed by atoms with van der Waals surface area (Å²) in [6, 6.07) is 1.20. The van der Waals surface area contributed by atoms with E-state index in [1.165, 1.54) is 13.0 Å². The van der Waals surface area contributed by atoms with Crippen LogP contribution >= 0.6 is 0 Å². The number of hydrogen-bond acceptors (Lipinski definition) is 6. The lowest BCUT2D eigenvalue weighted by atomic mass is 10.2. The maximum absolute atomic E-state index is 11.5. The van der Waals surface area contributed by atoms with Gasteiger partial charge in [0.25, 0.3) is 0 Å². The molecule has 1 rings (SSSR count). The zero-order valence-corrected chi connectivity index (χ0v) is 12.5. The van der Waals surface area contributed by atoms with Crippen LogP contribution in [0.4, 0.5) is 4.79 Å². The fourth-order valence-corrected chi connectivity index (χ4v) is 2.07. The smallest absolute Gasteiger partial charge is 0.422 e. The monoisotopic (exact) mass is 320 g/mol. The van der Waals surface area contributed by atoms with Crippen LogP contribution in [0.1, 0.15) is 35.7 Å². The third kappa shape index (κ3) is 5.44. The van der Waals surface area contributed by atoms with Gasteiger partial charge in [-0.2, -0.15) is 13.1 Å². The molecule has 0 fully saturated rings. The molecule has 0 bridgehead atoms. The topological polar surface area (TPSA) is 135 Å². The molecule has 0 aromatic carbocycles. The van der Waals surface area contributed by atoms with Gasteiger partial charge in [0.1, 0.15) is 17.1 Å². The zero-order valence-electron chi connectivity index (χ0n) is 11.7. The third-order valence-corrected chi connectivity index (χ3v) is 3.16. The van der Waals surface area contributed by atoms with Crippen molar-refractivity contribution in [2.75, 3.05) is 0 Å². The van der Waals surface area contributed by atoms with Gasteiger partial charge in [-0.3, -0.25) is 0 Å². The summed E-state index contributed by atoms with van der Waals surface area (Å²) in [6.07, 6.45) is -1.58. The lowest BCUT2D eigenvalue weighted by Crippen LogP contribution is -2.40. The van der Waals surface area contributed by atoms with E-state index in [0.29, 0.717) is 0 Å². The first-order valence-electron chi connectivity index (χ1n) is 5.91. The molecule has 0 saturated heterocycles. The summed E-state index contributed by atoms with van der Waals surface area (Å²) >= 11 is 0. The number of rotatable bonds is 6. The molecule has 21 heavy (non-hydrogen) atoms. The molecule has 0 aliphatic carbocycles. The Kier molecular flexibility index (Phi) is 5.33. The van der Waals surface area contributed by atoms with Gasteiger partial charge in [-0.05, 0) is 26.8 Å². The quantitative estimate of drug-likeness (QED) is 0.704. The van der Waals surface area contributed by atoms with Gasteiger partial charge < -0.3 is 14.3 Å². The van der Waals surface area contributed by atoms with Gasteiger partial charge in [0.05, 0.1) is 12.6 Å². The van der Waals surface area contributed by atoms with Crippen molar-refractivity contribution in [2.45, 2.75) is 33.4 Å². The second-order valence-electron chi connectivity index (χ2n) is 4.37. The van der Waals surface area contributed by atoms with E-state index < -0.39 is 28.4 Å². The van der Waals surface area contributed by atoms with Gasteiger partial charge in [0, 0.05) is 0 Å². The van der Waals surface area contributed by atoms with Crippen LogP contribution in [0, 0.1) is 6.92 Å². The van der Waals surface area contributed by atoms with Gasteiger partial charge >= 0.3 is 22.3 Å². The number of hydrogen-bond donors (Lipinski definition) is 3. The number of carbonyl (C=O) groups is 2. The summed E-state index contributed by atoms with van der Waals surface area (Å²) in [5.74, 6) is -0.916. The molecular formula is C11H16N2O7S. The molecule has 118 valence electrons. The van der Waals surface area contributed by atoms with Crippen LogP contribution in [-0.2, 0) is 21.5 Å². The third-order valence-electron chi connectivity index (χ3n) is 2.20. The van der Waals surface area contributed by atoms with Crippen molar-refractivity contribution in [3.05, 3.63) is 23.2 Å². The molecule has 10 heteroatoms. The van der Waals surface area contributed by atoms with Crippen molar-refractivity contribution < 1.29 is 32.3 Å². The predicted octanol–water partition coefficient (Wildman–Crippen LogP) is 0.755. The first-order valence-corrected chi connectivity index (χ1v) is 7.39. The molecule has 1 aromatic rings. The zero-order chi connectivity index (χ0) is 16.2. The molecule has 1 heterocycles. The average molecular weight is 320 g/mol. The maximum Gasteiger partial charge on any atom is 0.422 e. The van der Waals surface area contributed by atoms with Gasteiger partial charge in [0.15, 0.2) is 0 Å². The van der Waals surface area contributed by atoms with Crippen LogP contribution < -0.4 is 9.44 Å². The second kappa shape index (κ2) is 6.59. The summed E-state index contributed by atoms with van der Waals surface area (Å²) in [5, 5.41) is 8.84. The predicted molar refractivity (Wildman–Crippen MR) is 70.9 cm³/mol. The molecule has 3 N–H and O–H groups in total.